The molecule has 0 fully saturated rings. The summed E-state index contributed by atoms with van der Waals surface area (Å²) in [6.45, 7) is 9.76. The van der Waals surface area contributed by atoms with Crippen molar-refractivity contribution in [2.24, 2.45) is 0 Å². The van der Waals surface area contributed by atoms with E-state index in [0.29, 0.717) is 17.7 Å². The number of carbonyl (C=O) groups is 1. The average Bonchev–Trinajstić information content (AvgIpc) is 2.84. The van der Waals surface area contributed by atoms with Crippen LogP contribution in [0.1, 0.15) is 60.4 Å². The summed E-state index contributed by atoms with van der Waals surface area (Å²) in [5.41, 5.74) is 4.94. The summed E-state index contributed by atoms with van der Waals surface area (Å²) in [5, 5.41) is 13.7. The van der Waals surface area contributed by atoms with E-state index in [0.717, 1.165) is 22.4 Å². The van der Waals surface area contributed by atoms with E-state index in [1.807, 2.05) is 51.4 Å². The van der Waals surface area contributed by atoms with Crippen LogP contribution in [0.2, 0.25) is 0 Å². The normalized spacial score (nSPS) is 10.8. The van der Waals surface area contributed by atoms with Gasteiger partial charge in [-0.3, -0.25) is 9.48 Å². The van der Waals surface area contributed by atoms with Gasteiger partial charge < -0.3 is 0 Å². The lowest BCUT2D eigenvalue weighted by Gasteiger charge is -2.09. The summed E-state index contributed by atoms with van der Waals surface area (Å²) in [7, 11) is 0. The van der Waals surface area contributed by atoms with Gasteiger partial charge in [-0.1, -0.05) is 13.0 Å². The molecule has 2 aromatic rings. The van der Waals surface area contributed by atoms with Gasteiger partial charge in [-0.15, -0.1) is 0 Å². The Morgan fingerprint density at radius 1 is 1.36 bits per heavy atom. The number of benzene rings is 1. The molecule has 22 heavy (non-hydrogen) atoms. The van der Waals surface area contributed by atoms with Crippen LogP contribution in [-0.2, 0) is 0 Å². The molecular formula is C18H21N3O. The molecule has 4 heteroatoms. The maximum Gasteiger partial charge on any atom is 0.180 e. The molecule has 0 unspecified atom stereocenters. The molecule has 1 heterocycles. The van der Waals surface area contributed by atoms with Gasteiger partial charge in [0.05, 0.1) is 17.3 Å². The zero-order valence-corrected chi connectivity index (χ0v) is 13.8. The van der Waals surface area contributed by atoms with E-state index in [1.165, 1.54) is 0 Å². The van der Waals surface area contributed by atoms with Gasteiger partial charge in [0, 0.05) is 23.6 Å². The topological polar surface area (TPSA) is 58.7 Å². The first-order valence-electron chi connectivity index (χ1n) is 7.54. The largest absolute Gasteiger partial charge is 0.292 e. The molecule has 0 spiro atoms. The molecule has 0 aliphatic rings. The molecule has 0 saturated heterocycles. The molecule has 0 aliphatic heterocycles. The van der Waals surface area contributed by atoms with Crippen molar-refractivity contribution in [3.8, 4) is 17.3 Å². The molecule has 0 atom stereocenters. The van der Waals surface area contributed by atoms with Crippen LogP contribution in [0.3, 0.4) is 0 Å². The molecule has 1 aromatic heterocycles. The first-order valence-corrected chi connectivity index (χ1v) is 7.54. The third kappa shape index (κ3) is 2.67. The van der Waals surface area contributed by atoms with Gasteiger partial charge in [0.25, 0.3) is 0 Å². The molecule has 0 radical (unpaired) electrons. The summed E-state index contributed by atoms with van der Waals surface area (Å²) in [4.78, 5) is 12.3. The predicted molar refractivity (Wildman–Crippen MR) is 86.9 cm³/mol. The van der Waals surface area contributed by atoms with E-state index < -0.39 is 0 Å². The third-order valence-corrected chi connectivity index (χ3v) is 3.84. The van der Waals surface area contributed by atoms with Gasteiger partial charge in [-0.05, 0) is 45.4 Å². The highest BCUT2D eigenvalue weighted by Crippen LogP contribution is 2.29. The van der Waals surface area contributed by atoms with Crippen LogP contribution < -0.4 is 0 Å². The second-order valence-corrected chi connectivity index (χ2v) is 5.78. The van der Waals surface area contributed by atoms with Gasteiger partial charge in [-0.25, -0.2) is 0 Å². The highest BCUT2D eigenvalue weighted by atomic mass is 16.1. The Kier molecular flexibility index (Phi) is 4.46. The number of carbonyl (C=O) groups excluding carboxylic acids is 1. The van der Waals surface area contributed by atoms with Crippen LogP contribution in [-0.4, -0.2) is 15.6 Å². The molecule has 0 amide bonds. The standard InChI is InChI=1S/C18H21N3O/c1-6-16(22)18-13(5)17(20-21(18)11(2)3)14-7-8-15(10-19)12(4)9-14/h7-9,11H,6H2,1-5H3. The number of nitrogens with zero attached hydrogens (tertiary/aromatic N) is 3. The maximum absolute atomic E-state index is 12.3. The fourth-order valence-electron chi connectivity index (χ4n) is 2.61. The van der Waals surface area contributed by atoms with Crippen molar-refractivity contribution in [3.05, 3.63) is 40.6 Å². The lowest BCUT2D eigenvalue weighted by molar-refractivity contribution is 0.0975. The smallest absolute Gasteiger partial charge is 0.180 e. The molecule has 0 bridgehead atoms. The molecule has 114 valence electrons. The summed E-state index contributed by atoms with van der Waals surface area (Å²) in [6, 6.07) is 7.95. The number of hydrogen-bond acceptors (Lipinski definition) is 3. The number of nitriles is 1. The summed E-state index contributed by atoms with van der Waals surface area (Å²) < 4.78 is 1.81. The van der Waals surface area contributed by atoms with Crippen LogP contribution >= 0.6 is 0 Å². The van der Waals surface area contributed by atoms with Gasteiger partial charge in [0.2, 0.25) is 0 Å². The fraction of sp³-hybridized carbons (Fsp3) is 0.389. The zero-order chi connectivity index (χ0) is 16.4. The van der Waals surface area contributed by atoms with Crippen molar-refractivity contribution in [1.82, 2.24) is 9.78 Å². The van der Waals surface area contributed by atoms with E-state index in [1.54, 1.807) is 6.07 Å². The zero-order valence-electron chi connectivity index (χ0n) is 13.8. The van der Waals surface area contributed by atoms with Gasteiger partial charge in [0.1, 0.15) is 5.69 Å². The lowest BCUT2D eigenvalue weighted by atomic mass is 10.0. The minimum absolute atomic E-state index is 0.107. The van der Waals surface area contributed by atoms with Gasteiger partial charge in [-0.2, -0.15) is 10.4 Å². The first-order chi connectivity index (χ1) is 10.4. The number of ketones is 1. The Morgan fingerprint density at radius 2 is 2.05 bits per heavy atom. The molecule has 0 aliphatic carbocycles. The predicted octanol–water partition coefficient (Wildman–Crippen LogP) is 4.21. The van der Waals surface area contributed by atoms with Gasteiger partial charge in [0.15, 0.2) is 5.78 Å². The van der Waals surface area contributed by atoms with Crippen molar-refractivity contribution >= 4 is 5.78 Å². The number of aromatic nitrogens is 2. The van der Waals surface area contributed by atoms with E-state index in [2.05, 4.69) is 11.2 Å². The van der Waals surface area contributed by atoms with Crippen molar-refractivity contribution < 1.29 is 4.79 Å². The van der Waals surface area contributed by atoms with Crippen LogP contribution in [0, 0.1) is 25.2 Å². The third-order valence-electron chi connectivity index (χ3n) is 3.84. The second kappa shape index (κ2) is 6.15. The Balaban J connectivity index is 2.65. The first kappa shape index (κ1) is 16.0. The quantitative estimate of drug-likeness (QED) is 0.794. The van der Waals surface area contributed by atoms with E-state index >= 15 is 0 Å². The molecule has 2 rings (SSSR count). The lowest BCUT2D eigenvalue weighted by Crippen LogP contribution is -2.12. The Morgan fingerprint density at radius 3 is 2.55 bits per heavy atom. The van der Waals surface area contributed by atoms with Crippen molar-refractivity contribution in [2.45, 2.75) is 47.1 Å². The fourth-order valence-corrected chi connectivity index (χ4v) is 2.61. The number of Topliss-reactive ketones (excluding diaryl/α,β-unsaturated/α-hetero) is 1. The minimum atomic E-state index is 0.107. The van der Waals surface area contributed by atoms with Crippen molar-refractivity contribution in [2.75, 3.05) is 0 Å². The molecule has 0 saturated carbocycles. The molecule has 4 nitrogen and oxygen atoms in total. The molecule has 1 aromatic carbocycles. The van der Waals surface area contributed by atoms with Crippen molar-refractivity contribution in [1.29, 1.82) is 5.26 Å². The average molecular weight is 295 g/mol. The van der Waals surface area contributed by atoms with E-state index in [9.17, 15) is 4.79 Å². The SMILES string of the molecule is CCC(=O)c1c(C)c(-c2ccc(C#N)c(C)c2)nn1C(C)C. The Bertz CT molecular complexity index is 763. The van der Waals surface area contributed by atoms with Gasteiger partial charge >= 0.3 is 0 Å². The van der Waals surface area contributed by atoms with Crippen LogP contribution in [0.15, 0.2) is 18.2 Å². The van der Waals surface area contributed by atoms with Crippen LogP contribution in [0.4, 0.5) is 0 Å². The Hall–Kier alpha value is -2.41. The maximum atomic E-state index is 12.3. The number of aryl methyl sites for hydroxylation is 1. The van der Waals surface area contributed by atoms with Crippen LogP contribution in [0.5, 0.6) is 0 Å². The monoisotopic (exact) mass is 295 g/mol. The number of rotatable bonds is 4. The van der Waals surface area contributed by atoms with Crippen LogP contribution in [0.25, 0.3) is 11.3 Å². The van der Waals surface area contributed by atoms with E-state index in [4.69, 9.17) is 5.26 Å². The van der Waals surface area contributed by atoms with Crippen molar-refractivity contribution in [3.63, 3.8) is 0 Å². The summed E-state index contributed by atoms with van der Waals surface area (Å²) in [5.74, 6) is 0.107. The molecular weight excluding hydrogens is 274 g/mol. The highest BCUT2D eigenvalue weighted by Gasteiger charge is 2.22. The highest BCUT2D eigenvalue weighted by molar-refractivity contribution is 5.97. The Labute approximate surface area is 131 Å². The summed E-state index contributed by atoms with van der Waals surface area (Å²) >= 11 is 0. The minimum Gasteiger partial charge on any atom is -0.292 e. The second-order valence-electron chi connectivity index (χ2n) is 5.78. The van der Waals surface area contributed by atoms with E-state index in [-0.39, 0.29) is 11.8 Å². The summed E-state index contributed by atoms with van der Waals surface area (Å²) in [6.07, 6.45) is 0.463. The molecule has 0 N–H and O–H groups in total. The number of hydrogen-bond donors (Lipinski definition) is 0.